The molecule has 0 fully saturated rings. The molecule has 0 aromatic heterocycles. The molecule has 2 nitrogen and oxygen atoms in total. The third-order valence-electron chi connectivity index (χ3n) is 2.99. The second-order valence-corrected chi connectivity index (χ2v) is 4.72. The lowest BCUT2D eigenvalue weighted by Gasteiger charge is -2.09. The van der Waals surface area contributed by atoms with Crippen molar-refractivity contribution in [3.8, 4) is 0 Å². The molecule has 0 aliphatic rings. The van der Waals surface area contributed by atoms with Crippen LogP contribution in [0.15, 0.2) is 97.2 Å². The van der Waals surface area contributed by atoms with E-state index in [9.17, 15) is 0 Å². The first-order chi connectivity index (χ1) is 10.6. The van der Waals surface area contributed by atoms with Gasteiger partial charge >= 0.3 is 0 Å². The molecule has 0 aliphatic carbocycles. The SMILES string of the molecule is C=C\C=C/C=C/C=C(C)/C(=C\C(=C)C(=N)N)c1ccccc1. The van der Waals surface area contributed by atoms with Gasteiger partial charge in [-0.1, -0.05) is 79.9 Å². The van der Waals surface area contributed by atoms with Crippen molar-refractivity contribution in [1.82, 2.24) is 0 Å². The fourth-order valence-corrected chi connectivity index (χ4v) is 1.79. The summed E-state index contributed by atoms with van der Waals surface area (Å²) in [6.45, 7) is 9.47. The second kappa shape index (κ2) is 9.14. The minimum atomic E-state index is -0.0225. The van der Waals surface area contributed by atoms with Crippen LogP contribution in [0.3, 0.4) is 0 Å². The van der Waals surface area contributed by atoms with Gasteiger partial charge in [0.1, 0.15) is 5.84 Å². The molecular weight excluding hydrogens is 268 g/mol. The lowest BCUT2D eigenvalue weighted by Crippen LogP contribution is -2.10. The van der Waals surface area contributed by atoms with Gasteiger partial charge in [-0.2, -0.15) is 0 Å². The topological polar surface area (TPSA) is 49.9 Å². The van der Waals surface area contributed by atoms with Crippen LogP contribution in [0.2, 0.25) is 0 Å². The Balaban J connectivity index is 3.15. The van der Waals surface area contributed by atoms with Crippen LogP contribution in [0.5, 0.6) is 0 Å². The van der Waals surface area contributed by atoms with E-state index in [2.05, 4.69) is 13.2 Å². The van der Waals surface area contributed by atoms with E-state index in [1.807, 2.05) is 73.7 Å². The fraction of sp³-hybridized carbons (Fsp3) is 0.0500. The molecule has 0 radical (unpaired) electrons. The molecule has 0 saturated carbocycles. The predicted molar refractivity (Wildman–Crippen MR) is 97.7 cm³/mol. The van der Waals surface area contributed by atoms with E-state index in [0.717, 1.165) is 16.7 Å². The van der Waals surface area contributed by atoms with Crippen LogP contribution in [-0.2, 0) is 0 Å². The molecule has 0 atom stereocenters. The summed E-state index contributed by atoms with van der Waals surface area (Å²) in [7, 11) is 0. The Morgan fingerprint density at radius 3 is 2.32 bits per heavy atom. The van der Waals surface area contributed by atoms with Crippen molar-refractivity contribution < 1.29 is 0 Å². The third-order valence-corrected chi connectivity index (χ3v) is 2.99. The number of nitrogens with two attached hydrogens (primary N) is 1. The molecule has 3 N–H and O–H groups in total. The smallest absolute Gasteiger partial charge is 0.122 e. The van der Waals surface area contributed by atoms with Gasteiger partial charge in [-0.15, -0.1) is 0 Å². The van der Waals surface area contributed by atoms with Gasteiger partial charge in [-0.3, -0.25) is 5.41 Å². The average Bonchev–Trinajstić information content (AvgIpc) is 2.52. The van der Waals surface area contributed by atoms with Crippen molar-refractivity contribution in [1.29, 1.82) is 5.41 Å². The number of benzene rings is 1. The lowest BCUT2D eigenvalue weighted by molar-refractivity contribution is 1.43. The van der Waals surface area contributed by atoms with E-state index in [1.54, 1.807) is 6.08 Å². The summed E-state index contributed by atoms with van der Waals surface area (Å²) in [4.78, 5) is 0. The molecular formula is C20H22N2. The summed E-state index contributed by atoms with van der Waals surface area (Å²) < 4.78 is 0. The Hall–Kier alpha value is -2.87. The summed E-state index contributed by atoms with van der Waals surface area (Å²) in [6.07, 6.45) is 13.3. The number of nitrogens with one attached hydrogen (secondary N) is 1. The highest BCUT2D eigenvalue weighted by atomic mass is 14.7. The Morgan fingerprint density at radius 1 is 1.09 bits per heavy atom. The van der Waals surface area contributed by atoms with Crippen molar-refractivity contribution in [2.45, 2.75) is 6.92 Å². The van der Waals surface area contributed by atoms with Crippen LogP contribution >= 0.6 is 0 Å². The third kappa shape index (κ3) is 5.63. The first-order valence-electron chi connectivity index (χ1n) is 6.99. The standard InChI is InChI=1S/C20H22N2/c1-4-5-6-7-9-12-16(2)19(15-17(3)20(21)22)18-13-10-8-11-14-18/h4-15H,1,3H2,2H3,(H3,21,22)/b6-5-,9-7+,16-12+,19-15+. The van der Waals surface area contributed by atoms with Crippen molar-refractivity contribution in [2.24, 2.45) is 5.73 Å². The average molecular weight is 290 g/mol. The Bertz CT molecular complexity index is 656. The molecule has 1 aromatic carbocycles. The minimum Gasteiger partial charge on any atom is -0.384 e. The number of hydrogen-bond acceptors (Lipinski definition) is 1. The normalized spacial score (nSPS) is 12.8. The largest absolute Gasteiger partial charge is 0.384 e. The van der Waals surface area contributed by atoms with Crippen molar-refractivity contribution in [3.05, 3.63) is 103 Å². The first-order valence-corrected chi connectivity index (χ1v) is 6.99. The first kappa shape index (κ1) is 17.2. The zero-order chi connectivity index (χ0) is 16.4. The van der Waals surface area contributed by atoms with Crippen LogP contribution < -0.4 is 5.73 Å². The van der Waals surface area contributed by atoms with E-state index in [4.69, 9.17) is 11.1 Å². The Labute approximate surface area is 132 Å². The number of amidine groups is 1. The van der Waals surface area contributed by atoms with Gasteiger partial charge in [0.15, 0.2) is 0 Å². The van der Waals surface area contributed by atoms with Gasteiger partial charge < -0.3 is 5.73 Å². The molecule has 0 aliphatic heterocycles. The molecule has 112 valence electrons. The van der Waals surface area contributed by atoms with Crippen molar-refractivity contribution >= 4 is 11.4 Å². The number of rotatable bonds is 7. The van der Waals surface area contributed by atoms with Crippen LogP contribution in [0.4, 0.5) is 0 Å². The van der Waals surface area contributed by atoms with Crippen LogP contribution in [0.1, 0.15) is 12.5 Å². The van der Waals surface area contributed by atoms with E-state index >= 15 is 0 Å². The molecule has 0 unspecified atom stereocenters. The molecule has 1 rings (SSSR count). The fourth-order valence-electron chi connectivity index (χ4n) is 1.79. The number of allylic oxidation sites excluding steroid dienone is 8. The summed E-state index contributed by atoms with van der Waals surface area (Å²) in [5, 5.41) is 7.49. The van der Waals surface area contributed by atoms with Gasteiger partial charge in [-0.05, 0) is 29.7 Å². The molecule has 22 heavy (non-hydrogen) atoms. The highest BCUT2D eigenvalue weighted by Crippen LogP contribution is 2.24. The monoisotopic (exact) mass is 290 g/mol. The zero-order valence-corrected chi connectivity index (χ0v) is 12.9. The second-order valence-electron chi connectivity index (χ2n) is 4.72. The highest BCUT2D eigenvalue weighted by Gasteiger charge is 2.05. The van der Waals surface area contributed by atoms with Gasteiger partial charge in [0.2, 0.25) is 0 Å². The van der Waals surface area contributed by atoms with E-state index in [1.165, 1.54) is 0 Å². The van der Waals surface area contributed by atoms with Gasteiger partial charge in [-0.25, -0.2) is 0 Å². The Morgan fingerprint density at radius 2 is 1.73 bits per heavy atom. The summed E-state index contributed by atoms with van der Waals surface area (Å²) in [5.41, 5.74) is 9.14. The van der Waals surface area contributed by atoms with E-state index in [-0.39, 0.29) is 5.84 Å². The van der Waals surface area contributed by atoms with E-state index < -0.39 is 0 Å². The molecule has 0 heterocycles. The Kier molecular flexibility index (Phi) is 7.14. The molecule has 0 amide bonds. The highest BCUT2D eigenvalue weighted by molar-refractivity contribution is 5.99. The van der Waals surface area contributed by atoms with Crippen LogP contribution in [0.25, 0.3) is 5.57 Å². The summed E-state index contributed by atoms with van der Waals surface area (Å²) in [5.74, 6) is -0.0225. The van der Waals surface area contributed by atoms with Crippen LogP contribution in [-0.4, -0.2) is 5.84 Å². The number of hydrogen-bond donors (Lipinski definition) is 2. The molecule has 2 heteroatoms. The maximum Gasteiger partial charge on any atom is 0.122 e. The quantitative estimate of drug-likeness (QED) is 0.423. The van der Waals surface area contributed by atoms with Gasteiger partial charge in [0.05, 0.1) is 0 Å². The lowest BCUT2D eigenvalue weighted by atomic mass is 9.96. The maximum atomic E-state index is 7.49. The summed E-state index contributed by atoms with van der Waals surface area (Å²) in [6, 6.07) is 9.99. The molecule has 1 aromatic rings. The molecule has 0 spiro atoms. The molecule has 0 bridgehead atoms. The predicted octanol–water partition coefficient (Wildman–Crippen LogP) is 4.81. The summed E-state index contributed by atoms with van der Waals surface area (Å²) >= 11 is 0. The minimum absolute atomic E-state index is 0.0225. The van der Waals surface area contributed by atoms with Crippen molar-refractivity contribution in [3.63, 3.8) is 0 Å². The van der Waals surface area contributed by atoms with Crippen LogP contribution in [0, 0.1) is 5.41 Å². The maximum absolute atomic E-state index is 7.49. The van der Waals surface area contributed by atoms with E-state index in [0.29, 0.717) is 5.57 Å². The van der Waals surface area contributed by atoms with Gasteiger partial charge in [0, 0.05) is 5.57 Å². The van der Waals surface area contributed by atoms with Crippen molar-refractivity contribution in [2.75, 3.05) is 0 Å². The van der Waals surface area contributed by atoms with Gasteiger partial charge in [0.25, 0.3) is 0 Å². The molecule has 0 saturated heterocycles. The zero-order valence-electron chi connectivity index (χ0n) is 12.9.